The lowest BCUT2D eigenvalue weighted by Gasteiger charge is -2.04. The Labute approximate surface area is 73.4 Å². The Balaban J connectivity index is 3.10. The van der Waals surface area contributed by atoms with Crippen molar-refractivity contribution in [1.82, 2.24) is 4.57 Å². The molecule has 2 nitrogen and oxygen atoms in total. The van der Waals surface area contributed by atoms with Gasteiger partial charge in [0.15, 0.2) is 0 Å². The van der Waals surface area contributed by atoms with Gasteiger partial charge in [-0.25, -0.2) is 0 Å². The molecule has 64 valence electrons. The molecule has 0 aliphatic heterocycles. The van der Waals surface area contributed by atoms with Gasteiger partial charge in [0.1, 0.15) is 0 Å². The molecular weight excluding hydrogens is 148 g/mol. The maximum atomic E-state index is 8.56. The molecule has 1 rings (SSSR count). The van der Waals surface area contributed by atoms with Crippen LogP contribution in [0.3, 0.4) is 0 Å². The molecular formula is C10H14N2. The highest BCUT2D eigenvalue weighted by Gasteiger charge is 2.05. The molecule has 0 aliphatic carbocycles. The second-order valence-corrected chi connectivity index (χ2v) is 2.98. The molecule has 0 spiro atoms. The van der Waals surface area contributed by atoms with Crippen molar-refractivity contribution in [3.8, 4) is 6.07 Å². The Kier molecular flexibility index (Phi) is 2.54. The first-order valence-corrected chi connectivity index (χ1v) is 4.23. The molecule has 2 heteroatoms. The van der Waals surface area contributed by atoms with Crippen LogP contribution in [0.25, 0.3) is 0 Å². The van der Waals surface area contributed by atoms with Gasteiger partial charge in [0.2, 0.25) is 0 Å². The normalized spacial score (nSPS) is 9.83. The lowest BCUT2D eigenvalue weighted by molar-refractivity contribution is 0.716. The fourth-order valence-electron chi connectivity index (χ4n) is 1.62. The number of nitrogens with zero attached hydrogens (tertiary/aromatic N) is 2. The quantitative estimate of drug-likeness (QED) is 0.655. The maximum Gasteiger partial charge on any atom is 0.0670 e. The second kappa shape index (κ2) is 3.44. The summed E-state index contributed by atoms with van der Waals surface area (Å²) in [6.07, 6.45) is 0.527. The summed E-state index contributed by atoms with van der Waals surface area (Å²) in [5, 5.41) is 8.56. The van der Waals surface area contributed by atoms with Gasteiger partial charge in [-0.2, -0.15) is 5.26 Å². The van der Waals surface area contributed by atoms with Crippen molar-refractivity contribution in [1.29, 1.82) is 5.26 Å². The lowest BCUT2D eigenvalue weighted by atomic mass is 10.2. The summed E-state index contributed by atoms with van der Waals surface area (Å²) in [5.41, 5.74) is 3.65. The monoisotopic (exact) mass is 162 g/mol. The maximum absolute atomic E-state index is 8.56. The average Bonchev–Trinajstić information content (AvgIpc) is 2.29. The Morgan fingerprint density at radius 3 is 2.58 bits per heavy atom. The summed E-state index contributed by atoms with van der Waals surface area (Å²) >= 11 is 0. The zero-order valence-electron chi connectivity index (χ0n) is 7.89. The molecule has 0 bridgehead atoms. The summed E-state index contributed by atoms with van der Waals surface area (Å²) < 4.78 is 2.23. The topological polar surface area (TPSA) is 28.7 Å². The molecule has 0 saturated heterocycles. The van der Waals surface area contributed by atoms with E-state index in [9.17, 15) is 0 Å². The van der Waals surface area contributed by atoms with E-state index in [-0.39, 0.29) is 0 Å². The first-order chi connectivity index (χ1) is 5.70. The van der Waals surface area contributed by atoms with Gasteiger partial charge in [0.05, 0.1) is 12.5 Å². The highest BCUT2D eigenvalue weighted by molar-refractivity contribution is 5.28. The van der Waals surface area contributed by atoms with Crippen molar-refractivity contribution >= 4 is 0 Å². The summed E-state index contributed by atoms with van der Waals surface area (Å²) in [6.45, 7) is 7.26. The Morgan fingerprint density at radius 2 is 2.17 bits per heavy atom. The van der Waals surface area contributed by atoms with E-state index in [0.717, 1.165) is 12.1 Å². The molecule has 1 aromatic rings. The van der Waals surface area contributed by atoms with Gasteiger partial charge in [0, 0.05) is 17.9 Å². The first-order valence-electron chi connectivity index (χ1n) is 4.23. The molecule has 0 radical (unpaired) electrons. The molecule has 12 heavy (non-hydrogen) atoms. The van der Waals surface area contributed by atoms with Crippen LogP contribution in [0.1, 0.15) is 23.9 Å². The van der Waals surface area contributed by atoms with Crippen LogP contribution in [0, 0.1) is 25.2 Å². The minimum atomic E-state index is 0.527. The van der Waals surface area contributed by atoms with E-state index in [1.165, 1.54) is 11.4 Å². The van der Waals surface area contributed by atoms with Crippen LogP contribution < -0.4 is 0 Å². The minimum Gasteiger partial charge on any atom is -0.349 e. The third-order valence-corrected chi connectivity index (χ3v) is 2.26. The van der Waals surface area contributed by atoms with E-state index in [1.54, 1.807) is 0 Å². The third kappa shape index (κ3) is 1.35. The van der Waals surface area contributed by atoms with Crippen molar-refractivity contribution in [2.75, 3.05) is 0 Å². The van der Waals surface area contributed by atoms with Crippen molar-refractivity contribution in [2.24, 2.45) is 0 Å². The molecule has 0 fully saturated rings. The van der Waals surface area contributed by atoms with Gasteiger partial charge in [-0.05, 0) is 32.4 Å². The van der Waals surface area contributed by atoms with Crippen LogP contribution >= 0.6 is 0 Å². The van der Waals surface area contributed by atoms with Gasteiger partial charge < -0.3 is 4.57 Å². The second-order valence-electron chi connectivity index (χ2n) is 2.98. The summed E-state index contributed by atoms with van der Waals surface area (Å²) in [5.74, 6) is 0. The van der Waals surface area contributed by atoms with Gasteiger partial charge >= 0.3 is 0 Å². The fourth-order valence-corrected chi connectivity index (χ4v) is 1.62. The van der Waals surface area contributed by atoms with E-state index in [1.807, 2.05) is 0 Å². The number of aromatic nitrogens is 1. The largest absolute Gasteiger partial charge is 0.349 e. The number of nitriles is 1. The van der Waals surface area contributed by atoms with Crippen molar-refractivity contribution in [3.05, 3.63) is 23.0 Å². The fraction of sp³-hybridized carbons (Fsp3) is 0.500. The highest BCUT2D eigenvalue weighted by atomic mass is 15.0. The molecule has 0 amide bonds. The first kappa shape index (κ1) is 8.86. The minimum absolute atomic E-state index is 0.527. The number of hydrogen-bond acceptors (Lipinski definition) is 1. The van der Waals surface area contributed by atoms with Crippen LogP contribution in [0.2, 0.25) is 0 Å². The molecule has 0 aromatic carbocycles. The van der Waals surface area contributed by atoms with Crippen molar-refractivity contribution in [3.63, 3.8) is 0 Å². The number of aryl methyl sites for hydroxylation is 1. The zero-order valence-corrected chi connectivity index (χ0v) is 7.89. The van der Waals surface area contributed by atoms with E-state index >= 15 is 0 Å². The van der Waals surface area contributed by atoms with Crippen LogP contribution in [-0.4, -0.2) is 4.57 Å². The lowest BCUT2D eigenvalue weighted by Crippen LogP contribution is -1.99. The Morgan fingerprint density at radius 1 is 1.50 bits per heavy atom. The van der Waals surface area contributed by atoms with Gasteiger partial charge in [0.25, 0.3) is 0 Å². The predicted octanol–water partition coefficient (Wildman–Crippen LogP) is 2.19. The standard InChI is InChI=1S/C10H14N2/c1-4-12-8(2)7-10(5-6-11)9(12)3/h7H,4-5H2,1-3H3. The number of rotatable bonds is 2. The molecule has 0 atom stereocenters. The average molecular weight is 162 g/mol. The van der Waals surface area contributed by atoms with Gasteiger partial charge in [-0.1, -0.05) is 0 Å². The van der Waals surface area contributed by atoms with E-state index in [0.29, 0.717) is 6.42 Å². The molecule has 1 aromatic heterocycles. The van der Waals surface area contributed by atoms with Crippen LogP contribution in [0.5, 0.6) is 0 Å². The SMILES string of the molecule is CCn1c(C)cc(CC#N)c1C. The smallest absolute Gasteiger partial charge is 0.0670 e. The van der Waals surface area contributed by atoms with Crippen LogP contribution in [0.15, 0.2) is 6.07 Å². The van der Waals surface area contributed by atoms with Gasteiger partial charge in [-0.15, -0.1) is 0 Å². The highest BCUT2D eigenvalue weighted by Crippen LogP contribution is 2.14. The molecule has 0 saturated carbocycles. The molecule has 0 unspecified atom stereocenters. The zero-order chi connectivity index (χ0) is 9.14. The predicted molar refractivity (Wildman–Crippen MR) is 48.9 cm³/mol. The van der Waals surface area contributed by atoms with E-state index in [2.05, 4.69) is 37.5 Å². The summed E-state index contributed by atoms with van der Waals surface area (Å²) in [6, 6.07) is 4.28. The molecule has 0 N–H and O–H groups in total. The third-order valence-electron chi connectivity index (χ3n) is 2.26. The molecule has 1 heterocycles. The van der Waals surface area contributed by atoms with Gasteiger partial charge in [-0.3, -0.25) is 0 Å². The van der Waals surface area contributed by atoms with Crippen LogP contribution in [0.4, 0.5) is 0 Å². The Bertz CT molecular complexity index is 315. The Hall–Kier alpha value is -1.23. The molecule has 0 aliphatic rings. The van der Waals surface area contributed by atoms with E-state index in [4.69, 9.17) is 5.26 Å². The van der Waals surface area contributed by atoms with Crippen molar-refractivity contribution < 1.29 is 0 Å². The summed E-state index contributed by atoms with van der Waals surface area (Å²) in [7, 11) is 0. The van der Waals surface area contributed by atoms with E-state index < -0.39 is 0 Å². The number of hydrogen-bond donors (Lipinski definition) is 0. The van der Waals surface area contributed by atoms with Crippen molar-refractivity contribution in [2.45, 2.75) is 33.7 Å². The summed E-state index contributed by atoms with van der Waals surface area (Å²) in [4.78, 5) is 0. The van der Waals surface area contributed by atoms with Crippen LogP contribution in [-0.2, 0) is 13.0 Å².